The summed E-state index contributed by atoms with van der Waals surface area (Å²) in [6, 6.07) is 20.0. The molecule has 0 aliphatic carbocycles. The van der Waals surface area contributed by atoms with Gasteiger partial charge in [0.15, 0.2) is 15.7 Å². The van der Waals surface area contributed by atoms with Crippen molar-refractivity contribution in [2.24, 2.45) is 0 Å². The Morgan fingerprint density at radius 1 is 0.970 bits per heavy atom. The molecule has 3 aromatic carbocycles. The normalized spacial score (nSPS) is 12.5. The first-order valence-electron chi connectivity index (χ1n) is 10.1. The molecule has 0 aliphatic heterocycles. The quantitative estimate of drug-likeness (QED) is 0.425. The number of hydrogen-bond donors (Lipinski definition) is 1. The Hall–Kier alpha value is -3.63. The predicted molar refractivity (Wildman–Crippen MR) is 120 cm³/mol. The van der Waals surface area contributed by atoms with Crippen LogP contribution in [-0.4, -0.2) is 42.0 Å². The zero-order valence-corrected chi connectivity index (χ0v) is 18.8. The second-order valence-corrected chi connectivity index (χ2v) is 9.43. The second-order valence-electron chi connectivity index (χ2n) is 7.41. The predicted octanol–water partition coefficient (Wildman–Crippen LogP) is 3.09. The molecule has 1 unspecified atom stereocenters. The number of benzene rings is 3. The maximum Gasteiger partial charge on any atom is 0.175 e. The molecule has 0 bridgehead atoms. The van der Waals surface area contributed by atoms with Crippen molar-refractivity contribution >= 4 is 9.84 Å². The number of ether oxygens (including phenoxy) is 1. The zero-order chi connectivity index (χ0) is 23.4. The molecule has 1 N–H and O–H groups in total. The Morgan fingerprint density at radius 3 is 2.15 bits per heavy atom. The molecule has 10 heteroatoms. The van der Waals surface area contributed by atoms with Crippen molar-refractivity contribution in [2.45, 2.75) is 17.5 Å². The lowest BCUT2D eigenvalue weighted by Crippen LogP contribution is -2.24. The van der Waals surface area contributed by atoms with E-state index in [1.807, 2.05) is 24.3 Å². The van der Waals surface area contributed by atoms with Crippen LogP contribution in [0, 0.1) is 5.82 Å². The largest absolute Gasteiger partial charge is 0.497 e. The third kappa shape index (κ3) is 5.24. The SMILES string of the molecule is COc1ccc(C(NCc2nnnn2-c2ccc(S(C)(=O)=O)cc2)c2ccc(F)cc2)cc1. The van der Waals surface area contributed by atoms with Crippen LogP contribution in [0.1, 0.15) is 23.0 Å². The van der Waals surface area contributed by atoms with E-state index < -0.39 is 9.84 Å². The molecule has 0 radical (unpaired) electrons. The highest BCUT2D eigenvalue weighted by molar-refractivity contribution is 7.90. The maximum atomic E-state index is 13.5. The van der Waals surface area contributed by atoms with Gasteiger partial charge in [0.25, 0.3) is 0 Å². The van der Waals surface area contributed by atoms with Crippen LogP contribution in [0.5, 0.6) is 5.75 Å². The van der Waals surface area contributed by atoms with Gasteiger partial charge in [-0.05, 0) is 70.1 Å². The van der Waals surface area contributed by atoms with E-state index in [0.29, 0.717) is 18.1 Å². The first-order valence-corrected chi connectivity index (χ1v) is 11.9. The Bertz CT molecular complexity index is 1320. The van der Waals surface area contributed by atoms with E-state index in [4.69, 9.17) is 4.74 Å². The van der Waals surface area contributed by atoms with Crippen molar-refractivity contribution in [1.29, 1.82) is 0 Å². The molecule has 1 aromatic heterocycles. The Labute approximate surface area is 191 Å². The summed E-state index contributed by atoms with van der Waals surface area (Å²) < 4.78 is 43.7. The van der Waals surface area contributed by atoms with Crippen LogP contribution in [0.25, 0.3) is 5.69 Å². The third-order valence-corrected chi connectivity index (χ3v) is 6.29. The van der Waals surface area contributed by atoms with Gasteiger partial charge in [-0.25, -0.2) is 12.8 Å². The van der Waals surface area contributed by atoms with Gasteiger partial charge in [-0.2, -0.15) is 4.68 Å². The minimum atomic E-state index is -3.30. The average Bonchev–Trinajstić information content (AvgIpc) is 3.29. The highest BCUT2D eigenvalue weighted by atomic mass is 32.2. The number of nitrogens with one attached hydrogen (secondary N) is 1. The highest BCUT2D eigenvalue weighted by Gasteiger charge is 2.17. The summed E-state index contributed by atoms with van der Waals surface area (Å²) in [4.78, 5) is 0.217. The van der Waals surface area contributed by atoms with Crippen molar-refractivity contribution in [3.8, 4) is 11.4 Å². The monoisotopic (exact) mass is 467 g/mol. The van der Waals surface area contributed by atoms with E-state index in [9.17, 15) is 12.8 Å². The lowest BCUT2D eigenvalue weighted by Gasteiger charge is -2.20. The van der Waals surface area contributed by atoms with Gasteiger partial charge in [-0.3, -0.25) is 5.32 Å². The molecule has 1 atom stereocenters. The van der Waals surface area contributed by atoms with Crippen LogP contribution < -0.4 is 10.1 Å². The van der Waals surface area contributed by atoms with Gasteiger partial charge in [-0.15, -0.1) is 5.10 Å². The van der Waals surface area contributed by atoms with Gasteiger partial charge < -0.3 is 4.74 Å². The molecule has 0 amide bonds. The molecule has 1 heterocycles. The van der Waals surface area contributed by atoms with Crippen LogP contribution in [0.15, 0.2) is 77.7 Å². The Balaban J connectivity index is 1.60. The molecule has 33 heavy (non-hydrogen) atoms. The average molecular weight is 468 g/mol. The number of rotatable bonds is 8. The summed E-state index contributed by atoms with van der Waals surface area (Å²) in [5, 5.41) is 15.3. The van der Waals surface area contributed by atoms with Gasteiger partial charge in [0.05, 0.1) is 30.3 Å². The minimum Gasteiger partial charge on any atom is -0.497 e. The summed E-state index contributed by atoms with van der Waals surface area (Å²) in [5.74, 6) is 0.953. The van der Waals surface area contributed by atoms with E-state index in [1.54, 1.807) is 31.4 Å². The third-order valence-electron chi connectivity index (χ3n) is 5.16. The Morgan fingerprint density at radius 2 is 1.58 bits per heavy atom. The fourth-order valence-corrected chi connectivity index (χ4v) is 4.05. The topological polar surface area (TPSA) is 99.0 Å². The summed E-state index contributed by atoms with van der Waals surface area (Å²) in [7, 11) is -1.69. The molecule has 4 aromatic rings. The van der Waals surface area contributed by atoms with Crippen LogP contribution in [-0.2, 0) is 16.4 Å². The van der Waals surface area contributed by atoms with Gasteiger partial charge in [0, 0.05) is 6.26 Å². The number of sulfone groups is 1. The van der Waals surface area contributed by atoms with E-state index in [0.717, 1.165) is 23.1 Å². The maximum absolute atomic E-state index is 13.5. The molecule has 4 rings (SSSR count). The standard InChI is InChI=1S/C23H22FN5O3S/c1-32-20-11-5-17(6-12-20)23(16-3-7-18(24)8-4-16)25-15-22-26-27-28-29(22)19-9-13-21(14-10-19)33(2,30)31/h3-14,23,25H,15H2,1-2H3. The molecule has 0 saturated carbocycles. The first kappa shape index (κ1) is 22.6. The fraction of sp³-hybridized carbons (Fsp3) is 0.174. The van der Waals surface area contributed by atoms with Crippen LogP contribution in [0.4, 0.5) is 4.39 Å². The molecule has 0 fully saturated rings. The lowest BCUT2D eigenvalue weighted by atomic mass is 9.98. The van der Waals surface area contributed by atoms with Crippen LogP contribution in [0.3, 0.4) is 0 Å². The number of hydrogen-bond acceptors (Lipinski definition) is 7. The number of aromatic nitrogens is 4. The number of nitrogens with zero attached hydrogens (tertiary/aromatic N) is 4. The van der Waals surface area contributed by atoms with Crippen LogP contribution in [0.2, 0.25) is 0 Å². The van der Waals surface area contributed by atoms with E-state index in [1.165, 1.54) is 28.9 Å². The van der Waals surface area contributed by atoms with Crippen molar-refractivity contribution in [2.75, 3.05) is 13.4 Å². The molecule has 8 nitrogen and oxygen atoms in total. The lowest BCUT2D eigenvalue weighted by molar-refractivity contribution is 0.414. The van der Waals surface area contributed by atoms with E-state index in [-0.39, 0.29) is 16.8 Å². The van der Waals surface area contributed by atoms with Gasteiger partial charge in [0.2, 0.25) is 0 Å². The fourth-order valence-electron chi connectivity index (χ4n) is 3.42. The van der Waals surface area contributed by atoms with Crippen molar-refractivity contribution in [3.05, 3.63) is 95.6 Å². The van der Waals surface area contributed by atoms with Gasteiger partial charge >= 0.3 is 0 Å². The molecule has 170 valence electrons. The first-order chi connectivity index (χ1) is 15.8. The second kappa shape index (κ2) is 9.47. The molecular formula is C23H22FN5O3S. The molecule has 0 saturated heterocycles. The Kier molecular flexibility index (Phi) is 6.47. The minimum absolute atomic E-state index is 0.217. The van der Waals surface area contributed by atoms with Crippen molar-refractivity contribution < 1.29 is 17.5 Å². The molecule has 0 spiro atoms. The zero-order valence-electron chi connectivity index (χ0n) is 18.0. The van der Waals surface area contributed by atoms with E-state index in [2.05, 4.69) is 20.8 Å². The van der Waals surface area contributed by atoms with Crippen molar-refractivity contribution in [1.82, 2.24) is 25.5 Å². The van der Waals surface area contributed by atoms with E-state index >= 15 is 0 Å². The van der Waals surface area contributed by atoms with Crippen LogP contribution >= 0.6 is 0 Å². The number of halogens is 1. The van der Waals surface area contributed by atoms with Gasteiger partial charge in [-0.1, -0.05) is 24.3 Å². The smallest absolute Gasteiger partial charge is 0.175 e. The summed E-state index contributed by atoms with van der Waals surface area (Å²) in [6.07, 6.45) is 1.16. The summed E-state index contributed by atoms with van der Waals surface area (Å²) in [5.41, 5.74) is 2.46. The number of tetrazole rings is 1. The van der Waals surface area contributed by atoms with Crippen molar-refractivity contribution in [3.63, 3.8) is 0 Å². The van der Waals surface area contributed by atoms with Gasteiger partial charge in [0.1, 0.15) is 11.6 Å². The summed E-state index contributed by atoms with van der Waals surface area (Å²) >= 11 is 0. The molecular weight excluding hydrogens is 445 g/mol. The number of methoxy groups -OCH3 is 1. The summed E-state index contributed by atoms with van der Waals surface area (Å²) in [6.45, 7) is 0.300. The highest BCUT2D eigenvalue weighted by Crippen LogP contribution is 2.25. The molecule has 0 aliphatic rings.